The van der Waals surface area contributed by atoms with Crippen molar-refractivity contribution in [3.8, 4) is 11.5 Å². The van der Waals surface area contributed by atoms with Crippen LogP contribution in [0.5, 0.6) is 11.5 Å². The third kappa shape index (κ3) is 3.65. The predicted molar refractivity (Wildman–Crippen MR) is 84.0 cm³/mol. The lowest BCUT2D eigenvalue weighted by Crippen LogP contribution is -2.11. The van der Waals surface area contributed by atoms with E-state index in [1.165, 1.54) is 13.2 Å². The van der Waals surface area contributed by atoms with Crippen LogP contribution in [-0.4, -0.2) is 24.7 Å². The number of alkyl halides is 1. The van der Waals surface area contributed by atoms with Crippen molar-refractivity contribution in [2.45, 2.75) is 6.92 Å². The van der Waals surface area contributed by atoms with Gasteiger partial charge in [-0.1, -0.05) is 29.8 Å². The lowest BCUT2D eigenvalue weighted by atomic mass is 10.0. The van der Waals surface area contributed by atoms with Crippen molar-refractivity contribution in [3.05, 3.63) is 59.2 Å². The molecule has 0 amide bonds. The van der Waals surface area contributed by atoms with Crippen molar-refractivity contribution in [2.24, 2.45) is 0 Å². The van der Waals surface area contributed by atoms with Gasteiger partial charge in [-0.15, -0.1) is 11.6 Å². The zero-order chi connectivity index (χ0) is 16.1. The molecule has 0 aliphatic heterocycles. The molecule has 2 aromatic rings. The van der Waals surface area contributed by atoms with Gasteiger partial charge in [0, 0.05) is 11.1 Å². The monoisotopic (exact) mass is 318 g/mol. The summed E-state index contributed by atoms with van der Waals surface area (Å²) in [4.78, 5) is 23.8. The largest absolute Gasteiger partial charge is 0.493 e. The Labute approximate surface area is 133 Å². The number of methoxy groups -OCH3 is 1. The SMILES string of the molecule is COc1ccc(C(=O)c2ccc(C)cc2)cc1OC(=O)CCl. The first-order valence-electron chi connectivity index (χ1n) is 6.61. The second-order valence-electron chi connectivity index (χ2n) is 4.67. The van der Waals surface area contributed by atoms with Crippen molar-refractivity contribution >= 4 is 23.4 Å². The molecule has 0 spiro atoms. The Bertz CT molecular complexity index is 692. The highest BCUT2D eigenvalue weighted by Gasteiger charge is 2.15. The molecule has 5 heteroatoms. The summed E-state index contributed by atoms with van der Waals surface area (Å²) in [7, 11) is 1.45. The van der Waals surface area contributed by atoms with Gasteiger partial charge in [-0.2, -0.15) is 0 Å². The quantitative estimate of drug-likeness (QED) is 0.367. The summed E-state index contributed by atoms with van der Waals surface area (Å²) in [5, 5.41) is 0. The smallest absolute Gasteiger partial charge is 0.326 e. The van der Waals surface area contributed by atoms with Crippen LogP contribution in [0.4, 0.5) is 0 Å². The van der Waals surface area contributed by atoms with Crippen molar-refractivity contribution in [3.63, 3.8) is 0 Å². The van der Waals surface area contributed by atoms with E-state index in [2.05, 4.69) is 0 Å². The molecule has 2 aromatic carbocycles. The van der Waals surface area contributed by atoms with Crippen LogP contribution >= 0.6 is 11.6 Å². The van der Waals surface area contributed by atoms with E-state index >= 15 is 0 Å². The molecule has 0 radical (unpaired) electrons. The third-order valence-corrected chi connectivity index (χ3v) is 3.29. The minimum atomic E-state index is -0.611. The molecule has 0 heterocycles. The molecule has 0 saturated heterocycles. The minimum Gasteiger partial charge on any atom is -0.493 e. The molecule has 0 N–H and O–H groups in total. The van der Waals surface area contributed by atoms with E-state index in [0.29, 0.717) is 16.9 Å². The van der Waals surface area contributed by atoms with E-state index in [1.807, 2.05) is 19.1 Å². The van der Waals surface area contributed by atoms with E-state index < -0.39 is 5.97 Å². The number of carbonyl (C=O) groups excluding carboxylic acids is 2. The molecule has 2 rings (SSSR count). The summed E-state index contributed by atoms with van der Waals surface area (Å²) in [5.41, 5.74) is 2.04. The van der Waals surface area contributed by atoms with Crippen LogP contribution in [0.1, 0.15) is 21.5 Å². The highest BCUT2D eigenvalue weighted by atomic mass is 35.5. The number of hydrogen-bond acceptors (Lipinski definition) is 4. The first-order valence-corrected chi connectivity index (χ1v) is 7.14. The van der Waals surface area contributed by atoms with Gasteiger partial charge >= 0.3 is 5.97 Å². The van der Waals surface area contributed by atoms with Gasteiger partial charge in [0.05, 0.1) is 7.11 Å². The number of halogens is 1. The molecule has 0 unspecified atom stereocenters. The van der Waals surface area contributed by atoms with Gasteiger partial charge in [-0.25, -0.2) is 0 Å². The lowest BCUT2D eigenvalue weighted by Gasteiger charge is -2.10. The molecule has 0 atom stereocenters. The van der Waals surface area contributed by atoms with Gasteiger partial charge in [-0.3, -0.25) is 9.59 Å². The van der Waals surface area contributed by atoms with Crippen LogP contribution in [0.2, 0.25) is 0 Å². The fraction of sp³-hybridized carbons (Fsp3) is 0.176. The number of esters is 1. The summed E-state index contributed by atoms with van der Waals surface area (Å²) < 4.78 is 10.2. The summed E-state index contributed by atoms with van der Waals surface area (Å²) in [5.74, 6) is -0.519. The second-order valence-corrected chi connectivity index (χ2v) is 4.94. The number of aryl methyl sites for hydroxylation is 1. The van der Waals surface area contributed by atoms with Crippen LogP contribution < -0.4 is 9.47 Å². The Morgan fingerprint density at radius 2 is 1.64 bits per heavy atom. The van der Waals surface area contributed by atoms with E-state index in [9.17, 15) is 9.59 Å². The standard InChI is InChI=1S/C17H15ClO4/c1-11-3-5-12(6-4-11)17(20)13-7-8-14(21-2)15(9-13)22-16(19)10-18/h3-9H,10H2,1-2H3. The van der Waals surface area contributed by atoms with Gasteiger partial charge in [-0.05, 0) is 25.1 Å². The Morgan fingerprint density at radius 3 is 2.23 bits per heavy atom. The Hall–Kier alpha value is -2.33. The van der Waals surface area contributed by atoms with Gasteiger partial charge < -0.3 is 9.47 Å². The minimum absolute atomic E-state index is 0.161. The van der Waals surface area contributed by atoms with E-state index in [4.69, 9.17) is 21.1 Å². The molecule has 4 nitrogen and oxygen atoms in total. The average Bonchev–Trinajstić information content (AvgIpc) is 2.54. The summed E-state index contributed by atoms with van der Waals surface area (Å²) in [6, 6.07) is 11.9. The van der Waals surface area contributed by atoms with Crippen LogP contribution in [0.25, 0.3) is 0 Å². The highest BCUT2D eigenvalue weighted by Crippen LogP contribution is 2.29. The number of ketones is 1. The maximum Gasteiger partial charge on any atom is 0.326 e. The summed E-state index contributed by atoms with van der Waals surface area (Å²) in [6.07, 6.45) is 0. The van der Waals surface area contributed by atoms with Crippen molar-refractivity contribution in [1.29, 1.82) is 0 Å². The maximum absolute atomic E-state index is 12.5. The molecule has 0 aliphatic carbocycles. The molecule has 0 aliphatic rings. The first-order chi connectivity index (χ1) is 10.5. The highest BCUT2D eigenvalue weighted by molar-refractivity contribution is 6.26. The molecule has 0 saturated carbocycles. The van der Waals surface area contributed by atoms with E-state index in [0.717, 1.165) is 5.56 Å². The van der Waals surface area contributed by atoms with Gasteiger partial charge in [0.15, 0.2) is 17.3 Å². The molecular formula is C17H15ClO4. The van der Waals surface area contributed by atoms with Crippen LogP contribution in [0.15, 0.2) is 42.5 Å². The molecular weight excluding hydrogens is 304 g/mol. The summed E-state index contributed by atoms with van der Waals surface area (Å²) in [6.45, 7) is 1.95. The fourth-order valence-electron chi connectivity index (χ4n) is 1.92. The second kappa shape index (κ2) is 7.09. The van der Waals surface area contributed by atoms with Crippen LogP contribution in [-0.2, 0) is 4.79 Å². The normalized spacial score (nSPS) is 10.1. The molecule has 22 heavy (non-hydrogen) atoms. The third-order valence-electron chi connectivity index (χ3n) is 3.07. The zero-order valence-electron chi connectivity index (χ0n) is 12.3. The number of hydrogen-bond donors (Lipinski definition) is 0. The number of benzene rings is 2. The number of carbonyl (C=O) groups is 2. The van der Waals surface area contributed by atoms with Gasteiger partial charge in [0.2, 0.25) is 0 Å². The lowest BCUT2D eigenvalue weighted by molar-refractivity contribution is -0.131. The predicted octanol–water partition coefficient (Wildman–Crippen LogP) is 3.38. The first kappa shape index (κ1) is 16.0. The van der Waals surface area contributed by atoms with Gasteiger partial charge in [0.1, 0.15) is 5.88 Å². The van der Waals surface area contributed by atoms with Crippen LogP contribution in [0, 0.1) is 6.92 Å². The van der Waals surface area contributed by atoms with Crippen LogP contribution in [0.3, 0.4) is 0 Å². The molecule has 0 fully saturated rings. The maximum atomic E-state index is 12.5. The topological polar surface area (TPSA) is 52.6 Å². The molecule has 0 bridgehead atoms. The molecule has 0 aromatic heterocycles. The Balaban J connectivity index is 2.35. The fourth-order valence-corrected chi connectivity index (χ4v) is 1.97. The average molecular weight is 319 g/mol. The van der Waals surface area contributed by atoms with Crippen molar-refractivity contribution in [2.75, 3.05) is 13.0 Å². The van der Waals surface area contributed by atoms with Gasteiger partial charge in [0.25, 0.3) is 0 Å². The Kier molecular flexibility index (Phi) is 5.17. The number of rotatable bonds is 5. The van der Waals surface area contributed by atoms with E-state index in [-0.39, 0.29) is 17.4 Å². The zero-order valence-corrected chi connectivity index (χ0v) is 13.0. The summed E-state index contributed by atoms with van der Waals surface area (Å²) >= 11 is 5.43. The Morgan fingerprint density at radius 1 is 1.00 bits per heavy atom. The number of ether oxygens (including phenoxy) is 2. The van der Waals surface area contributed by atoms with Crippen molar-refractivity contribution in [1.82, 2.24) is 0 Å². The van der Waals surface area contributed by atoms with Crippen molar-refractivity contribution < 1.29 is 19.1 Å². The van der Waals surface area contributed by atoms with E-state index in [1.54, 1.807) is 24.3 Å². The molecule has 114 valence electrons.